The number of benzene rings is 3. The summed E-state index contributed by atoms with van der Waals surface area (Å²) in [4.78, 5) is 27.1. The number of nitrogens with one attached hydrogen (secondary N) is 1. The number of amides is 2. The van der Waals surface area contributed by atoms with Crippen molar-refractivity contribution in [3.63, 3.8) is 0 Å². The third-order valence-corrected chi connectivity index (χ3v) is 6.94. The van der Waals surface area contributed by atoms with Gasteiger partial charge in [0, 0.05) is 16.8 Å². The van der Waals surface area contributed by atoms with Crippen LogP contribution < -0.4 is 15.0 Å². The first-order chi connectivity index (χ1) is 18.1. The number of cyclic esters (lactones) is 1. The van der Waals surface area contributed by atoms with Crippen LogP contribution in [0.5, 0.6) is 11.5 Å². The molecule has 0 aromatic heterocycles. The Labute approximate surface area is 221 Å². The molecule has 1 N–H and O–H groups in total. The van der Waals surface area contributed by atoms with Crippen LogP contribution in [-0.4, -0.2) is 30.9 Å². The highest BCUT2D eigenvalue weighted by atomic mass is 35.5. The molecule has 7 nitrogen and oxygen atoms in total. The smallest absolute Gasteiger partial charge is 0.415 e. The summed E-state index contributed by atoms with van der Waals surface area (Å²) in [6, 6.07) is 23.6. The zero-order valence-electron chi connectivity index (χ0n) is 20.3. The molecule has 37 heavy (non-hydrogen) atoms. The molecule has 5 rings (SSSR count). The molecule has 3 aromatic rings. The molecule has 1 saturated carbocycles. The summed E-state index contributed by atoms with van der Waals surface area (Å²) >= 11 is 5.95. The normalized spacial score (nSPS) is 19.8. The monoisotopic (exact) mass is 520 g/mol. The maximum atomic E-state index is 13.0. The second-order valence-electron chi connectivity index (χ2n) is 9.28. The van der Waals surface area contributed by atoms with Crippen LogP contribution in [-0.2, 0) is 9.47 Å². The molecule has 1 saturated heterocycles. The van der Waals surface area contributed by atoms with Crippen LogP contribution in [0.2, 0.25) is 5.02 Å². The maximum absolute atomic E-state index is 13.0. The fraction of sp³-hybridized carbons (Fsp3) is 0.310. The quantitative estimate of drug-likeness (QED) is 0.355. The number of halogens is 1. The molecule has 0 radical (unpaired) electrons. The number of alkyl carbamates (subject to hydrolysis) is 1. The minimum absolute atomic E-state index is 0.0435. The number of ether oxygens (including phenoxy) is 3. The lowest BCUT2D eigenvalue weighted by Gasteiger charge is -2.26. The Morgan fingerprint density at radius 2 is 1.57 bits per heavy atom. The highest BCUT2D eigenvalue weighted by Crippen LogP contribution is 2.38. The van der Waals surface area contributed by atoms with E-state index in [2.05, 4.69) is 5.32 Å². The van der Waals surface area contributed by atoms with Crippen LogP contribution in [0.15, 0.2) is 78.9 Å². The summed E-state index contributed by atoms with van der Waals surface area (Å²) in [5.41, 5.74) is 1.53. The van der Waals surface area contributed by atoms with Gasteiger partial charge in [-0.3, -0.25) is 4.90 Å². The highest BCUT2D eigenvalue weighted by molar-refractivity contribution is 6.30. The molecular weight excluding hydrogens is 492 g/mol. The Kier molecular flexibility index (Phi) is 7.80. The molecule has 0 bridgehead atoms. The van der Waals surface area contributed by atoms with Crippen LogP contribution in [0.3, 0.4) is 0 Å². The third kappa shape index (κ3) is 6.17. The molecule has 0 unspecified atom stereocenters. The van der Waals surface area contributed by atoms with Crippen LogP contribution in [0, 0.1) is 0 Å². The standard InChI is InChI=1S/C29H29ClN2O5/c30-21-11-15-24(16-12-21)36-25-17-13-23(14-18-25)32-27(20-7-3-1-4-8-20)26(37-29(32)34)19-35-28(33)31-22-9-5-2-6-10-22/h1,3-4,7-8,11-18,22,26-27H,2,5-6,9-10,19H2,(H,31,33)/t26-,27-/m0/s1. The van der Waals surface area contributed by atoms with E-state index < -0.39 is 24.3 Å². The summed E-state index contributed by atoms with van der Waals surface area (Å²) in [5.74, 6) is 1.28. The van der Waals surface area contributed by atoms with Gasteiger partial charge < -0.3 is 19.5 Å². The zero-order chi connectivity index (χ0) is 25.6. The fourth-order valence-electron chi connectivity index (χ4n) is 4.86. The number of hydrogen-bond acceptors (Lipinski definition) is 5. The lowest BCUT2D eigenvalue weighted by Crippen LogP contribution is -2.38. The van der Waals surface area contributed by atoms with Crippen molar-refractivity contribution >= 4 is 29.5 Å². The van der Waals surface area contributed by atoms with E-state index in [9.17, 15) is 9.59 Å². The summed E-state index contributed by atoms with van der Waals surface area (Å²) in [5, 5.41) is 3.58. The number of nitrogens with zero attached hydrogens (tertiary/aromatic N) is 1. The molecule has 1 aliphatic heterocycles. The SMILES string of the molecule is O=C(NC1CCCCC1)OC[C@@H]1OC(=O)N(c2ccc(Oc3ccc(Cl)cc3)cc2)[C@H]1c1ccccc1. The Morgan fingerprint density at radius 1 is 0.919 bits per heavy atom. The summed E-state index contributed by atoms with van der Waals surface area (Å²) in [7, 11) is 0. The van der Waals surface area contributed by atoms with Crippen LogP contribution >= 0.6 is 11.6 Å². The minimum atomic E-state index is -0.656. The molecule has 1 aliphatic carbocycles. The van der Waals surface area contributed by atoms with E-state index in [-0.39, 0.29) is 12.6 Å². The van der Waals surface area contributed by atoms with Gasteiger partial charge in [0.05, 0.1) is 0 Å². The summed E-state index contributed by atoms with van der Waals surface area (Å²) < 4.78 is 17.1. The van der Waals surface area contributed by atoms with Gasteiger partial charge in [-0.05, 0) is 66.9 Å². The summed E-state index contributed by atoms with van der Waals surface area (Å²) in [6.07, 6.45) is 3.72. The van der Waals surface area contributed by atoms with Crippen LogP contribution in [0.1, 0.15) is 43.7 Å². The largest absolute Gasteiger partial charge is 0.457 e. The first kappa shape index (κ1) is 25.0. The first-order valence-corrected chi connectivity index (χ1v) is 13.0. The number of rotatable bonds is 7. The number of carbonyl (C=O) groups excluding carboxylic acids is 2. The second-order valence-corrected chi connectivity index (χ2v) is 9.71. The van der Waals surface area contributed by atoms with Gasteiger partial charge in [0.25, 0.3) is 0 Å². The van der Waals surface area contributed by atoms with E-state index >= 15 is 0 Å². The number of carbonyl (C=O) groups is 2. The molecule has 2 amide bonds. The van der Waals surface area contributed by atoms with Crippen molar-refractivity contribution in [3.05, 3.63) is 89.4 Å². The van der Waals surface area contributed by atoms with Crippen molar-refractivity contribution in [1.29, 1.82) is 0 Å². The van der Waals surface area contributed by atoms with E-state index in [0.717, 1.165) is 31.2 Å². The Balaban J connectivity index is 1.30. The van der Waals surface area contributed by atoms with Gasteiger partial charge in [-0.2, -0.15) is 0 Å². The number of anilines is 1. The Hall–Kier alpha value is -3.71. The molecule has 2 atom stereocenters. The molecule has 2 aliphatic rings. The molecule has 0 spiro atoms. The minimum Gasteiger partial charge on any atom is -0.457 e. The second kappa shape index (κ2) is 11.6. The maximum Gasteiger partial charge on any atom is 0.415 e. The van der Waals surface area contributed by atoms with E-state index in [1.807, 2.05) is 42.5 Å². The Morgan fingerprint density at radius 3 is 2.24 bits per heavy atom. The Bertz CT molecular complexity index is 1200. The molecule has 3 aromatic carbocycles. The molecule has 1 heterocycles. The molecule has 8 heteroatoms. The van der Waals surface area contributed by atoms with Crippen molar-refractivity contribution in [3.8, 4) is 11.5 Å². The topological polar surface area (TPSA) is 77.1 Å². The van der Waals surface area contributed by atoms with Crippen molar-refractivity contribution in [1.82, 2.24) is 5.32 Å². The van der Waals surface area contributed by atoms with Crippen molar-refractivity contribution in [2.75, 3.05) is 11.5 Å². The van der Waals surface area contributed by atoms with Crippen LogP contribution in [0.25, 0.3) is 0 Å². The zero-order valence-corrected chi connectivity index (χ0v) is 21.1. The summed E-state index contributed by atoms with van der Waals surface area (Å²) in [6.45, 7) is -0.0435. The van der Waals surface area contributed by atoms with Gasteiger partial charge in [-0.1, -0.05) is 61.2 Å². The highest BCUT2D eigenvalue weighted by Gasteiger charge is 2.44. The average Bonchev–Trinajstić information content (AvgIpc) is 3.26. The van der Waals surface area contributed by atoms with Gasteiger partial charge in [0.1, 0.15) is 24.1 Å². The van der Waals surface area contributed by atoms with Crippen LogP contribution in [0.4, 0.5) is 15.3 Å². The predicted octanol–water partition coefficient (Wildman–Crippen LogP) is 7.26. The van der Waals surface area contributed by atoms with E-state index in [1.54, 1.807) is 41.3 Å². The van der Waals surface area contributed by atoms with Gasteiger partial charge in [-0.15, -0.1) is 0 Å². The van der Waals surface area contributed by atoms with E-state index in [1.165, 1.54) is 6.42 Å². The third-order valence-electron chi connectivity index (χ3n) is 6.69. The average molecular weight is 521 g/mol. The van der Waals surface area contributed by atoms with Gasteiger partial charge >= 0.3 is 12.2 Å². The molecule has 2 fully saturated rings. The first-order valence-electron chi connectivity index (χ1n) is 12.6. The number of hydrogen-bond donors (Lipinski definition) is 1. The van der Waals surface area contributed by atoms with E-state index in [0.29, 0.717) is 22.2 Å². The molecule has 192 valence electrons. The fourth-order valence-corrected chi connectivity index (χ4v) is 4.99. The molecular formula is C29H29ClN2O5. The predicted molar refractivity (Wildman–Crippen MR) is 141 cm³/mol. The van der Waals surface area contributed by atoms with Gasteiger partial charge in [0.15, 0.2) is 6.10 Å². The lowest BCUT2D eigenvalue weighted by atomic mass is 9.96. The van der Waals surface area contributed by atoms with Gasteiger partial charge in [-0.25, -0.2) is 9.59 Å². The van der Waals surface area contributed by atoms with Crippen molar-refractivity contribution in [2.45, 2.75) is 50.3 Å². The van der Waals surface area contributed by atoms with Crippen molar-refractivity contribution in [2.24, 2.45) is 0 Å². The van der Waals surface area contributed by atoms with Crippen molar-refractivity contribution < 1.29 is 23.8 Å². The van der Waals surface area contributed by atoms with Gasteiger partial charge in [0.2, 0.25) is 0 Å². The van der Waals surface area contributed by atoms with E-state index in [4.69, 9.17) is 25.8 Å². The lowest BCUT2D eigenvalue weighted by molar-refractivity contribution is 0.0608.